The van der Waals surface area contributed by atoms with Gasteiger partial charge < -0.3 is 18.7 Å². The van der Waals surface area contributed by atoms with Crippen molar-refractivity contribution >= 4 is 12.0 Å². The first kappa shape index (κ1) is 18.3. The van der Waals surface area contributed by atoms with Gasteiger partial charge in [-0.3, -0.25) is 0 Å². The van der Waals surface area contributed by atoms with Gasteiger partial charge in [-0.25, -0.2) is 4.79 Å². The minimum absolute atomic E-state index is 0.0226. The van der Waals surface area contributed by atoms with E-state index in [1.807, 2.05) is 30.3 Å². The lowest BCUT2D eigenvalue weighted by atomic mass is 10.1. The van der Waals surface area contributed by atoms with Crippen molar-refractivity contribution in [2.45, 2.75) is 6.61 Å². The SMILES string of the molecule is COc1ccc(OC)c(/C=C/C(=O)OCc2cc(-c3ccccc3)on2)c1. The Hall–Kier alpha value is -3.54. The van der Waals surface area contributed by atoms with E-state index in [0.717, 1.165) is 5.56 Å². The number of nitrogens with zero attached hydrogens (tertiary/aromatic N) is 1. The van der Waals surface area contributed by atoms with Crippen LogP contribution in [-0.2, 0) is 16.1 Å². The number of aromatic nitrogens is 1. The van der Waals surface area contributed by atoms with E-state index in [-0.39, 0.29) is 6.61 Å². The van der Waals surface area contributed by atoms with Crippen molar-refractivity contribution in [2.75, 3.05) is 14.2 Å². The first-order valence-corrected chi connectivity index (χ1v) is 8.27. The molecule has 0 spiro atoms. The van der Waals surface area contributed by atoms with Gasteiger partial charge in [0.05, 0.1) is 14.2 Å². The molecule has 6 heteroatoms. The number of benzene rings is 2. The van der Waals surface area contributed by atoms with Gasteiger partial charge in [-0.05, 0) is 24.3 Å². The highest BCUT2D eigenvalue weighted by atomic mass is 16.5. The topological polar surface area (TPSA) is 70.8 Å². The van der Waals surface area contributed by atoms with Gasteiger partial charge in [0, 0.05) is 23.3 Å². The third-order valence-electron chi connectivity index (χ3n) is 3.82. The standard InChI is InChI=1S/C21H19NO5/c1-24-18-9-10-19(25-2)16(12-18)8-11-21(23)26-14-17-13-20(27-22-17)15-6-4-3-5-7-15/h3-13H,14H2,1-2H3/b11-8+. The first-order chi connectivity index (χ1) is 13.2. The van der Waals surface area contributed by atoms with Crippen LogP contribution in [0, 0.1) is 0 Å². The Balaban J connectivity index is 1.60. The van der Waals surface area contributed by atoms with Crippen LogP contribution < -0.4 is 9.47 Å². The molecule has 1 heterocycles. The summed E-state index contributed by atoms with van der Waals surface area (Å²) in [7, 11) is 3.14. The summed E-state index contributed by atoms with van der Waals surface area (Å²) in [5.41, 5.74) is 2.16. The number of hydrogen-bond acceptors (Lipinski definition) is 6. The van der Waals surface area contributed by atoms with Crippen LogP contribution in [0.3, 0.4) is 0 Å². The second-order valence-corrected chi connectivity index (χ2v) is 5.60. The molecule has 0 saturated heterocycles. The molecule has 0 aliphatic carbocycles. The Bertz CT molecular complexity index is 931. The highest BCUT2D eigenvalue weighted by Gasteiger charge is 2.08. The lowest BCUT2D eigenvalue weighted by molar-refractivity contribution is -0.139. The van der Waals surface area contributed by atoms with Gasteiger partial charge in [-0.2, -0.15) is 0 Å². The fraction of sp³-hybridized carbons (Fsp3) is 0.143. The first-order valence-electron chi connectivity index (χ1n) is 8.27. The van der Waals surface area contributed by atoms with Crippen molar-refractivity contribution in [3.8, 4) is 22.8 Å². The van der Waals surface area contributed by atoms with Crippen LogP contribution in [0.15, 0.2) is 65.2 Å². The lowest BCUT2D eigenvalue weighted by Gasteiger charge is -2.07. The fourth-order valence-electron chi connectivity index (χ4n) is 2.44. The Labute approximate surface area is 157 Å². The van der Waals surface area contributed by atoms with E-state index in [9.17, 15) is 4.79 Å². The third kappa shape index (κ3) is 4.76. The molecule has 0 unspecified atom stereocenters. The molecule has 0 aliphatic heterocycles. The Kier molecular flexibility index (Phi) is 5.89. The minimum Gasteiger partial charge on any atom is -0.497 e. The zero-order valence-electron chi connectivity index (χ0n) is 15.0. The molecule has 0 atom stereocenters. The van der Waals surface area contributed by atoms with E-state index in [0.29, 0.717) is 28.5 Å². The summed E-state index contributed by atoms with van der Waals surface area (Å²) in [6, 6.07) is 16.6. The molecule has 6 nitrogen and oxygen atoms in total. The molecule has 2 aromatic carbocycles. The molecule has 0 amide bonds. The lowest BCUT2D eigenvalue weighted by Crippen LogP contribution is -2.01. The molecular weight excluding hydrogens is 346 g/mol. The monoisotopic (exact) mass is 365 g/mol. The van der Waals surface area contributed by atoms with Gasteiger partial charge in [-0.15, -0.1) is 0 Å². The van der Waals surface area contributed by atoms with Gasteiger partial charge in [-0.1, -0.05) is 35.5 Å². The quantitative estimate of drug-likeness (QED) is 0.463. The number of ether oxygens (including phenoxy) is 3. The summed E-state index contributed by atoms with van der Waals surface area (Å²) in [6.45, 7) is 0.0226. The number of carbonyl (C=O) groups is 1. The van der Waals surface area contributed by atoms with Crippen LogP contribution in [0.1, 0.15) is 11.3 Å². The van der Waals surface area contributed by atoms with E-state index >= 15 is 0 Å². The van der Waals surface area contributed by atoms with Crippen LogP contribution >= 0.6 is 0 Å². The normalized spacial score (nSPS) is 10.7. The van der Waals surface area contributed by atoms with Crippen molar-refractivity contribution in [1.82, 2.24) is 5.16 Å². The summed E-state index contributed by atoms with van der Waals surface area (Å²) in [6.07, 6.45) is 2.94. The Morgan fingerprint density at radius 3 is 2.63 bits per heavy atom. The summed E-state index contributed by atoms with van der Waals surface area (Å²) < 4.78 is 20.9. The van der Waals surface area contributed by atoms with Crippen molar-refractivity contribution < 1.29 is 23.5 Å². The zero-order valence-corrected chi connectivity index (χ0v) is 15.0. The van der Waals surface area contributed by atoms with Gasteiger partial charge in [0.15, 0.2) is 5.76 Å². The fourth-order valence-corrected chi connectivity index (χ4v) is 2.44. The highest BCUT2D eigenvalue weighted by molar-refractivity contribution is 5.87. The molecule has 0 saturated carbocycles. The molecule has 0 bridgehead atoms. The second-order valence-electron chi connectivity index (χ2n) is 5.60. The van der Waals surface area contributed by atoms with Crippen LogP contribution in [0.4, 0.5) is 0 Å². The number of methoxy groups -OCH3 is 2. The average molecular weight is 365 g/mol. The molecule has 0 aliphatic rings. The van der Waals surface area contributed by atoms with Crippen LogP contribution in [0.5, 0.6) is 11.5 Å². The van der Waals surface area contributed by atoms with Gasteiger partial charge in [0.25, 0.3) is 0 Å². The van der Waals surface area contributed by atoms with E-state index in [2.05, 4.69) is 5.16 Å². The number of carbonyl (C=O) groups excluding carboxylic acids is 1. The van der Waals surface area contributed by atoms with E-state index < -0.39 is 5.97 Å². The number of hydrogen-bond donors (Lipinski definition) is 0. The maximum atomic E-state index is 12.0. The van der Waals surface area contributed by atoms with Crippen molar-refractivity contribution in [3.05, 3.63) is 71.9 Å². The Morgan fingerprint density at radius 2 is 1.89 bits per heavy atom. The third-order valence-corrected chi connectivity index (χ3v) is 3.82. The summed E-state index contributed by atoms with van der Waals surface area (Å²) in [5.74, 6) is 1.42. The van der Waals surface area contributed by atoms with Crippen molar-refractivity contribution in [2.24, 2.45) is 0 Å². The maximum Gasteiger partial charge on any atom is 0.331 e. The maximum absolute atomic E-state index is 12.0. The predicted octanol–water partition coefficient (Wildman–Crippen LogP) is 4.12. The van der Waals surface area contributed by atoms with E-state index in [4.69, 9.17) is 18.7 Å². The molecule has 3 rings (SSSR count). The zero-order chi connectivity index (χ0) is 19.1. The van der Waals surface area contributed by atoms with Crippen LogP contribution in [0.25, 0.3) is 17.4 Å². The number of rotatable bonds is 7. The largest absolute Gasteiger partial charge is 0.497 e. The molecule has 138 valence electrons. The summed E-state index contributed by atoms with van der Waals surface area (Å²) in [5, 5.41) is 3.92. The molecule has 0 radical (unpaired) electrons. The van der Waals surface area contributed by atoms with E-state index in [1.165, 1.54) is 6.08 Å². The summed E-state index contributed by atoms with van der Waals surface area (Å²) >= 11 is 0. The molecule has 0 fully saturated rings. The summed E-state index contributed by atoms with van der Waals surface area (Å²) in [4.78, 5) is 12.0. The molecule has 3 aromatic rings. The molecule has 1 aromatic heterocycles. The van der Waals surface area contributed by atoms with Gasteiger partial charge >= 0.3 is 5.97 Å². The van der Waals surface area contributed by atoms with Crippen LogP contribution in [0.2, 0.25) is 0 Å². The van der Waals surface area contributed by atoms with Crippen molar-refractivity contribution in [1.29, 1.82) is 0 Å². The smallest absolute Gasteiger partial charge is 0.331 e. The second kappa shape index (κ2) is 8.71. The number of esters is 1. The molecule has 0 N–H and O–H groups in total. The molecule has 27 heavy (non-hydrogen) atoms. The predicted molar refractivity (Wildman–Crippen MR) is 100 cm³/mol. The Morgan fingerprint density at radius 1 is 1.07 bits per heavy atom. The van der Waals surface area contributed by atoms with Crippen LogP contribution in [-0.4, -0.2) is 25.3 Å². The minimum atomic E-state index is -0.496. The van der Waals surface area contributed by atoms with Crippen molar-refractivity contribution in [3.63, 3.8) is 0 Å². The average Bonchev–Trinajstić information content (AvgIpc) is 3.20. The van der Waals surface area contributed by atoms with Gasteiger partial charge in [0.1, 0.15) is 23.8 Å². The molecular formula is C21H19NO5. The van der Waals surface area contributed by atoms with E-state index in [1.54, 1.807) is 44.6 Å². The highest BCUT2D eigenvalue weighted by Crippen LogP contribution is 2.25. The van der Waals surface area contributed by atoms with Gasteiger partial charge in [0.2, 0.25) is 0 Å².